The van der Waals surface area contributed by atoms with Crippen molar-refractivity contribution in [2.75, 3.05) is 13.1 Å². The van der Waals surface area contributed by atoms with Gasteiger partial charge in [-0.15, -0.1) is 13.2 Å². The maximum absolute atomic E-state index is 12.0. The molecule has 0 fully saturated rings. The van der Waals surface area contributed by atoms with Gasteiger partial charge >= 0.3 is 0 Å². The minimum Gasteiger partial charge on any atom is -0.378 e. The molecule has 1 unspecified atom stereocenters. The number of aliphatic hydroxyl groups is 1. The first-order chi connectivity index (χ1) is 8.20. The van der Waals surface area contributed by atoms with Crippen LogP contribution in [0.1, 0.15) is 11.7 Å². The lowest BCUT2D eigenvalue weighted by Crippen LogP contribution is -2.35. The Morgan fingerprint density at radius 1 is 1.24 bits per heavy atom. The lowest BCUT2D eigenvalue weighted by atomic mass is 10.1. The number of hydrogen-bond acceptors (Lipinski definition) is 2. The number of rotatable bonds is 6. The van der Waals surface area contributed by atoms with E-state index in [4.69, 9.17) is 0 Å². The number of nitrogens with zero attached hydrogens (tertiary/aromatic N) is 1. The highest BCUT2D eigenvalue weighted by atomic mass is 16.3. The predicted octanol–water partition coefficient (Wildman–Crippen LogP) is 1.92. The van der Waals surface area contributed by atoms with Gasteiger partial charge in [-0.1, -0.05) is 42.5 Å². The van der Waals surface area contributed by atoms with E-state index >= 15 is 0 Å². The summed E-state index contributed by atoms with van der Waals surface area (Å²) in [5.41, 5.74) is 0.593. The minimum atomic E-state index is -1.13. The molecule has 1 aromatic rings. The molecule has 0 saturated carbocycles. The first kappa shape index (κ1) is 13.2. The van der Waals surface area contributed by atoms with Crippen molar-refractivity contribution in [2.24, 2.45) is 0 Å². The summed E-state index contributed by atoms with van der Waals surface area (Å²) in [6.45, 7) is 7.97. The largest absolute Gasteiger partial charge is 0.378 e. The van der Waals surface area contributed by atoms with Crippen molar-refractivity contribution < 1.29 is 9.90 Å². The monoisotopic (exact) mass is 231 g/mol. The first-order valence-electron chi connectivity index (χ1n) is 5.44. The van der Waals surface area contributed by atoms with Crippen LogP contribution in [0.25, 0.3) is 0 Å². The van der Waals surface area contributed by atoms with E-state index in [1.165, 1.54) is 4.90 Å². The lowest BCUT2D eigenvalue weighted by molar-refractivity contribution is -0.139. The van der Waals surface area contributed by atoms with Crippen LogP contribution in [0, 0.1) is 0 Å². The Labute approximate surface area is 102 Å². The fourth-order valence-corrected chi connectivity index (χ4v) is 1.52. The van der Waals surface area contributed by atoms with Gasteiger partial charge < -0.3 is 10.0 Å². The summed E-state index contributed by atoms with van der Waals surface area (Å²) in [4.78, 5) is 13.5. The van der Waals surface area contributed by atoms with Crippen molar-refractivity contribution in [3.8, 4) is 0 Å². The third-order valence-electron chi connectivity index (χ3n) is 2.36. The standard InChI is InChI=1S/C14H17NO2/c1-3-10-15(11-4-2)14(17)13(16)12-8-6-5-7-9-12/h3-9,13,16H,1-2,10-11H2. The number of carbonyl (C=O) groups excluding carboxylic acids is 1. The van der Waals surface area contributed by atoms with Gasteiger partial charge in [0.15, 0.2) is 6.10 Å². The van der Waals surface area contributed by atoms with E-state index < -0.39 is 6.10 Å². The zero-order valence-electron chi connectivity index (χ0n) is 9.75. The lowest BCUT2D eigenvalue weighted by Gasteiger charge is -2.22. The van der Waals surface area contributed by atoms with Crippen molar-refractivity contribution in [1.82, 2.24) is 4.90 Å². The summed E-state index contributed by atoms with van der Waals surface area (Å²) in [6.07, 6.45) is 2.12. The van der Waals surface area contributed by atoms with Gasteiger partial charge in [-0.3, -0.25) is 4.79 Å². The highest BCUT2D eigenvalue weighted by Crippen LogP contribution is 2.15. The Morgan fingerprint density at radius 2 is 1.76 bits per heavy atom. The molecule has 0 radical (unpaired) electrons. The highest BCUT2D eigenvalue weighted by molar-refractivity contribution is 5.82. The molecular weight excluding hydrogens is 214 g/mol. The van der Waals surface area contributed by atoms with Gasteiger partial charge in [0.05, 0.1) is 0 Å². The average molecular weight is 231 g/mol. The molecule has 0 aromatic heterocycles. The van der Waals surface area contributed by atoms with Crippen molar-refractivity contribution >= 4 is 5.91 Å². The van der Waals surface area contributed by atoms with Crippen LogP contribution in [0.5, 0.6) is 0 Å². The molecule has 1 N–H and O–H groups in total. The van der Waals surface area contributed by atoms with Crippen LogP contribution in [0.2, 0.25) is 0 Å². The number of amides is 1. The third-order valence-corrected chi connectivity index (χ3v) is 2.36. The topological polar surface area (TPSA) is 40.5 Å². The summed E-state index contributed by atoms with van der Waals surface area (Å²) in [5.74, 6) is -0.337. The fraction of sp³-hybridized carbons (Fsp3) is 0.214. The zero-order chi connectivity index (χ0) is 12.7. The van der Waals surface area contributed by atoms with Gasteiger partial charge in [0.2, 0.25) is 0 Å². The van der Waals surface area contributed by atoms with Gasteiger partial charge in [0, 0.05) is 13.1 Å². The van der Waals surface area contributed by atoms with Crippen LogP contribution < -0.4 is 0 Å². The Balaban J connectivity index is 2.79. The van der Waals surface area contributed by atoms with Crippen molar-refractivity contribution in [3.63, 3.8) is 0 Å². The van der Waals surface area contributed by atoms with E-state index in [1.807, 2.05) is 6.07 Å². The summed E-state index contributed by atoms with van der Waals surface area (Å²) in [7, 11) is 0. The molecular formula is C14H17NO2. The molecule has 3 nitrogen and oxygen atoms in total. The SMILES string of the molecule is C=CCN(CC=C)C(=O)C(O)c1ccccc1. The van der Waals surface area contributed by atoms with E-state index in [0.29, 0.717) is 18.7 Å². The second-order valence-electron chi connectivity index (χ2n) is 3.63. The molecule has 17 heavy (non-hydrogen) atoms. The Morgan fingerprint density at radius 3 is 2.24 bits per heavy atom. The number of hydrogen-bond donors (Lipinski definition) is 1. The number of aliphatic hydroxyl groups excluding tert-OH is 1. The Hall–Kier alpha value is -1.87. The zero-order valence-corrected chi connectivity index (χ0v) is 9.75. The van der Waals surface area contributed by atoms with Gasteiger partial charge in [-0.2, -0.15) is 0 Å². The van der Waals surface area contributed by atoms with Crippen LogP contribution in [0.3, 0.4) is 0 Å². The van der Waals surface area contributed by atoms with Crippen LogP contribution in [0.4, 0.5) is 0 Å². The van der Waals surface area contributed by atoms with Crippen molar-refractivity contribution in [1.29, 1.82) is 0 Å². The smallest absolute Gasteiger partial charge is 0.256 e. The summed E-state index contributed by atoms with van der Waals surface area (Å²) in [6, 6.07) is 8.87. The second-order valence-corrected chi connectivity index (χ2v) is 3.63. The van der Waals surface area contributed by atoms with Gasteiger partial charge in [0.1, 0.15) is 0 Å². The van der Waals surface area contributed by atoms with E-state index in [0.717, 1.165) is 0 Å². The van der Waals surface area contributed by atoms with E-state index in [2.05, 4.69) is 13.2 Å². The van der Waals surface area contributed by atoms with Gasteiger partial charge in [0.25, 0.3) is 5.91 Å². The third kappa shape index (κ3) is 3.57. The molecule has 0 bridgehead atoms. The second kappa shape index (κ2) is 6.66. The number of carbonyl (C=O) groups is 1. The summed E-state index contributed by atoms with van der Waals surface area (Å²) < 4.78 is 0. The molecule has 0 heterocycles. The van der Waals surface area contributed by atoms with E-state index in [-0.39, 0.29) is 5.91 Å². The normalized spacial score (nSPS) is 11.6. The first-order valence-corrected chi connectivity index (χ1v) is 5.44. The van der Waals surface area contributed by atoms with E-state index in [1.54, 1.807) is 36.4 Å². The molecule has 1 amide bonds. The Bertz CT molecular complexity index is 376. The molecule has 90 valence electrons. The maximum atomic E-state index is 12.0. The molecule has 0 spiro atoms. The molecule has 1 atom stereocenters. The molecule has 1 rings (SSSR count). The molecule has 0 aliphatic heterocycles. The van der Waals surface area contributed by atoms with Crippen LogP contribution >= 0.6 is 0 Å². The van der Waals surface area contributed by atoms with Crippen molar-refractivity contribution in [2.45, 2.75) is 6.10 Å². The predicted molar refractivity (Wildman–Crippen MR) is 68.4 cm³/mol. The molecule has 0 aliphatic rings. The van der Waals surface area contributed by atoms with Crippen LogP contribution in [-0.2, 0) is 4.79 Å². The molecule has 0 saturated heterocycles. The molecule has 3 heteroatoms. The summed E-state index contributed by atoms with van der Waals surface area (Å²) in [5, 5.41) is 9.95. The molecule has 1 aromatic carbocycles. The van der Waals surface area contributed by atoms with E-state index in [9.17, 15) is 9.90 Å². The van der Waals surface area contributed by atoms with Crippen molar-refractivity contribution in [3.05, 3.63) is 61.2 Å². The Kier molecular flexibility index (Phi) is 5.17. The minimum absolute atomic E-state index is 0.337. The maximum Gasteiger partial charge on any atom is 0.256 e. The van der Waals surface area contributed by atoms with Gasteiger partial charge in [-0.05, 0) is 5.56 Å². The van der Waals surface area contributed by atoms with Crippen LogP contribution in [-0.4, -0.2) is 29.0 Å². The number of benzene rings is 1. The highest BCUT2D eigenvalue weighted by Gasteiger charge is 2.21. The fourth-order valence-electron chi connectivity index (χ4n) is 1.52. The van der Waals surface area contributed by atoms with Crippen LogP contribution in [0.15, 0.2) is 55.6 Å². The molecule has 0 aliphatic carbocycles. The quantitative estimate of drug-likeness (QED) is 0.760. The average Bonchev–Trinajstić information content (AvgIpc) is 2.38. The summed E-state index contributed by atoms with van der Waals surface area (Å²) >= 11 is 0. The van der Waals surface area contributed by atoms with Gasteiger partial charge in [-0.25, -0.2) is 0 Å².